The summed E-state index contributed by atoms with van der Waals surface area (Å²) in [7, 11) is 0. The van der Waals surface area contributed by atoms with E-state index in [1.807, 2.05) is 0 Å². The summed E-state index contributed by atoms with van der Waals surface area (Å²) in [6.45, 7) is 14.7. The van der Waals surface area contributed by atoms with Crippen LogP contribution in [0.5, 0.6) is 0 Å². The number of hydrogen-bond donors (Lipinski definition) is 0. The van der Waals surface area contributed by atoms with Crippen molar-refractivity contribution < 1.29 is 0 Å². The van der Waals surface area contributed by atoms with Crippen LogP contribution >= 0.6 is 0 Å². The standard InChI is InChI=1S/C57H58/c1-55(2)49-23-15-13-21-39(49)41-27-25-37(29-51(41)55)45-33-53-47(31-43(45)35-17-9-7-10-18-35)48-32-44(36-19-11-8-12-20-36)46(34-54(48)57(53,5)6)38-26-28-42-40-22-14-16-24-50(40)56(3,4)52(42)30-38/h13-16,21-36H,7-12,17-20H2,1-6H3. The largest absolute Gasteiger partial charge is 0.0619 e. The highest BCUT2D eigenvalue weighted by Crippen LogP contribution is 2.57. The summed E-state index contributed by atoms with van der Waals surface area (Å²) < 4.78 is 0. The minimum absolute atomic E-state index is 0.0132. The molecule has 286 valence electrons. The summed E-state index contributed by atoms with van der Waals surface area (Å²) in [6.07, 6.45) is 13.3. The molecule has 0 heteroatoms. The van der Waals surface area contributed by atoms with Gasteiger partial charge in [-0.25, -0.2) is 0 Å². The second-order valence-corrected chi connectivity index (χ2v) is 20.1. The summed E-state index contributed by atoms with van der Waals surface area (Å²) in [5.74, 6) is 1.22. The van der Waals surface area contributed by atoms with Crippen molar-refractivity contribution in [2.45, 2.75) is 134 Å². The van der Waals surface area contributed by atoms with Gasteiger partial charge in [0.25, 0.3) is 0 Å². The lowest BCUT2D eigenvalue weighted by Gasteiger charge is -2.29. The highest BCUT2D eigenvalue weighted by molar-refractivity contribution is 5.91. The average molecular weight is 743 g/mol. The Bertz CT molecular complexity index is 2430. The molecule has 11 rings (SSSR count). The Labute approximate surface area is 341 Å². The maximum absolute atomic E-state index is 2.71. The van der Waals surface area contributed by atoms with Crippen molar-refractivity contribution in [2.75, 3.05) is 0 Å². The molecule has 0 unspecified atom stereocenters. The van der Waals surface area contributed by atoms with Gasteiger partial charge in [-0.1, -0.05) is 153 Å². The zero-order chi connectivity index (χ0) is 38.8. The van der Waals surface area contributed by atoms with E-state index in [9.17, 15) is 0 Å². The van der Waals surface area contributed by atoms with E-state index in [1.54, 1.807) is 11.1 Å². The second-order valence-electron chi connectivity index (χ2n) is 20.1. The van der Waals surface area contributed by atoms with Crippen molar-refractivity contribution in [3.63, 3.8) is 0 Å². The summed E-state index contributed by atoms with van der Waals surface area (Å²) in [4.78, 5) is 0. The van der Waals surface area contributed by atoms with Gasteiger partial charge < -0.3 is 0 Å². The van der Waals surface area contributed by atoms with Crippen molar-refractivity contribution in [3.05, 3.63) is 154 Å². The Morgan fingerprint density at radius 3 is 1.09 bits per heavy atom. The molecule has 5 aliphatic rings. The Morgan fingerprint density at radius 1 is 0.316 bits per heavy atom. The van der Waals surface area contributed by atoms with Crippen LogP contribution in [0.1, 0.15) is 162 Å². The lowest BCUT2D eigenvalue weighted by Crippen LogP contribution is -2.17. The Kier molecular flexibility index (Phi) is 7.88. The highest BCUT2D eigenvalue weighted by Gasteiger charge is 2.41. The first kappa shape index (κ1) is 35.5. The molecule has 0 N–H and O–H groups in total. The molecular weight excluding hydrogens is 685 g/mol. The van der Waals surface area contributed by atoms with E-state index in [-0.39, 0.29) is 16.2 Å². The second kappa shape index (κ2) is 12.7. The van der Waals surface area contributed by atoms with Gasteiger partial charge in [-0.3, -0.25) is 0 Å². The van der Waals surface area contributed by atoms with Crippen LogP contribution in [0.4, 0.5) is 0 Å². The molecule has 0 atom stereocenters. The molecule has 0 radical (unpaired) electrons. The van der Waals surface area contributed by atoms with Gasteiger partial charge in [-0.05, 0) is 174 Å². The third kappa shape index (κ3) is 5.17. The van der Waals surface area contributed by atoms with Crippen molar-refractivity contribution in [1.29, 1.82) is 0 Å². The van der Waals surface area contributed by atoms with Gasteiger partial charge in [0.1, 0.15) is 0 Å². The van der Waals surface area contributed by atoms with Gasteiger partial charge in [-0.15, -0.1) is 0 Å². The van der Waals surface area contributed by atoms with Crippen LogP contribution < -0.4 is 0 Å². The zero-order valence-corrected chi connectivity index (χ0v) is 35.1. The molecule has 6 aromatic rings. The molecule has 5 aliphatic carbocycles. The Morgan fingerprint density at radius 2 is 0.667 bits per heavy atom. The minimum atomic E-state index is -0.108. The minimum Gasteiger partial charge on any atom is -0.0619 e. The molecular formula is C57H58. The van der Waals surface area contributed by atoms with Crippen LogP contribution in [0.25, 0.3) is 55.6 Å². The van der Waals surface area contributed by atoms with Gasteiger partial charge in [0.05, 0.1) is 0 Å². The third-order valence-corrected chi connectivity index (χ3v) is 15.9. The number of rotatable bonds is 4. The number of hydrogen-bond acceptors (Lipinski definition) is 0. The molecule has 0 nitrogen and oxygen atoms in total. The highest BCUT2D eigenvalue weighted by atomic mass is 14.4. The van der Waals surface area contributed by atoms with Crippen molar-refractivity contribution in [3.8, 4) is 55.6 Å². The predicted molar refractivity (Wildman–Crippen MR) is 242 cm³/mol. The molecule has 0 aromatic heterocycles. The molecule has 57 heavy (non-hydrogen) atoms. The first-order valence-electron chi connectivity index (χ1n) is 22.4. The molecule has 0 saturated heterocycles. The molecule has 2 saturated carbocycles. The monoisotopic (exact) mass is 742 g/mol. The number of benzene rings is 6. The quantitative estimate of drug-likeness (QED) is 0.169. The van der Waals surface area contributed by atoms with E-state index in [2.05, 4.69) is 151 Å². The molecule has 0 bridgehead atoms. The van der Waals surface area contributed by atoms with Gasteiger partial charge in [0.15, 0.2) is 0 Å². The van der Waals surface area contributed by atoms with E-state index in [0.717, 1.165) is 0 Å². The molecule has 6 aromatic carbocycles. The average Bonchev–Trinajstić information content (AvgIpc) is 3.72. The van der Waals surface area contributed by atoms with E-state index in [4.69, 9.17) is 0 Å². The van der Waals surface area contributed by atoms with E-state index < -0.39 is 0 Å². The van der Waals surface area contributed by atoms with Crippen molar-refractivity contribution >= 4 is 0 Å². The summed E-state index contributed by atoms with van der Waals surface area (Å²) in [6, 6.07) is 43.9. The zero-order valence-electron chi connectivity index (χ0n) is 35.1. The lowest BCUT2D eigenvalue weighted by molar-refractivity contribution is 0.444. The maximum Gasteiger partial charge on any atom is 0.0159 e. The molecule has 0 spiro atoms. The predicted octanol–water partition coefficient (Wildman–Crippen LogP) is 16.0. The summed E-state index contributed by atoms with van der Waals surface area (Å²) >= 11 is 0. The molecule has 0 amide bonds. The van der Waals surface area contributed by atoms with Gasteiger partial charge in [0.2, 0.25) is 0 Å². The first-order chi connectivity index (χ1) is 27.5. The first-order valence-corrected chi connectivity index (χ1v) is 22.4. The van der Waals surface area contributed by atoms with Crippen molar-refractivity contribution in [2.24, 2.45) is 0 Å². The van der Waals surface area contributed by atoms with E-state index in [1.165, 1.54) is 153 Å². The SMILES string of the molecule is CC1(C)c2ccccc2-c2ccc(-c3cc4c(cc3C3CCCCC3)-c3cc(C5CCCCC5)c(-c5ccc6c(c5)C(C)(C)c5ccccc5-6)cc3C4(C)C)cc21. The van der Waals surface area contributed by atoms with Crippen LogP contribution in [0.2, 0.25) is 0 Å². The van der Waals surface area contributed by atoms with Crippen LogP contribution in [0.15, 0.2) is 109 Å². The normalized spacial score (nSPS) is 19.7. The maximum atomic E-state index is 2.71. The van der Waals surface area contributed by atoms with Crippen molar-refractivity contribution in [1.82, 2.24) is 0 Å². The Balaban J connectivity index is 1.09. The summed E-state index contributed by atoms with van der Waals surface area (Å²) in [5, 5.41) is 0. The van der Waals surface area contributed by atoms with Crippen LogP contribution in [0, 0.1) is 0 Å². The molecule has 0 heterocycles. The van der Waals surface area contributed by atoms with Gasteiger partial charge in [0, 0.05) is 16.2 Å². The fraction of sp³-hybridized carbons (Fsp3) is 0.368. The van der Waals surface area contributed by atoms with Crippen LogP contribution in [-0.2, 0) is 16.2 Å². The fourth-order valence-electron chi connectivity index (χ4n) is 12.6. The van der Waals surface area contributed by atoms with Crippen LogP contribution in [0.3, 0.4) is 0 Å². The van der Waals surface area contributed by atoms with Crippen LogP contribution in [-0.4, -0.2) is 0 Å². The smallest absolute Gasteiger partial charge is 0.0159 e. The molecule has 2 fully saturated rings. The lowest BCUT2D eigenvalue weighted by atomic mass is 9.75. The topological polar surface area (TPSA) is 0 Å². The fourth-order valence-corrected chi connectivity index (χ4v) is 12.6. The van der Waals surface area contributed by atoms with Gasteiger partial charge in [-0.2, -0.15) is 0 Å². The summed E-state index contributed by atoms with van der Waals surface area (Å²) in [5.41, 5.74) is 26.3. The molecule has 0 aliphatic heterocycles. The third-order valence-electron chi connectivity index (χ3n) is 15.9. The van der Waals surface area contributed by atoms with E-state index in [0.29, 0.717) is 11.8 Å². The van der Waals surface area contributed by atoms with Gasteiger partial charge >= 0.3 is 0 Å². The Hall–Kier alpha value is -4.68. The van der Waals surface area contributed by atoms with E-state index >= 15 is 0 Å². The number of fused-ring (bicyclic) bond motifs is 9.